The third-order valence-corrected chi connectivity index (χ3v) is 6.36. The van der Waals surface area contributed by atoms with E-state index >= 15 is 0 Å². The van der Waals surface area contributed by atoms with Crippen LogP contribution in [0.15, 0.2) is 42.5 Å². The van der Waals surface area contributed by atoms with Gasteiger partial charge in [0.05, 0.1) is 12.9 Å². The van der Waals surface area contributed by atoms with Crippen molar-refractivity contribution in [3.63, 3.8) is 0 Å². The second-order valence-electron chi connectivity index (χ2n) is 8.48. The molecule has 0 saturated carbocycles. The van der Waals surface area contributed by atoms with Crippen LogP contribution >= 0.6 is 35.0 Å². The molecule has 1 atom stereocenters. The third kappa shape index (κ3) is 7.91. The maximum absolute atomic E-state index is 13.2. The molecular weight excluding hydrogens is 467 g/mol. The number of amides is 2. The van der Waals surface area contributed by atoms with Crippen LogP contribution in [-0.2, 0) is 21.9 Å². The number of thioether (sulfide) groups is 1. The summed E-state index contributed by atoms with van der Waals surface area (Å²) in [6, 6.07) is 12.2. The number of halogens is 2. The van der Waals surface area contributed by atoms with Gasteiger partial charge >= 0.3 is 0 Å². The van der Waals surface area contributed by atoms with E-state index in [1.165, 1.54) is 11.8 Å². The lowest BCUT2D eigenvalue weighted by molar-refractivity contribution is -0.139. The number of nitrogens with zero attached hydrogens (tertiary/aromatic N) is 1. The van der Waals surface area contributed by atoms with E-state index in [-0.39, 0.29) is 17.6 Å². The molecule has 0 spiro atoms. The molecule has 0 fully saturated rings. The molecule has 0 bridgehead atoms. The molecule has 2 aromatic carbocycles. The number of rotatable bonds is 9. The minimum absolute atomic E-state index is 0.134. The number of ether oxygens (including phenoxy) is 1. The van der Waals surface area contributed by atoms with Gasteiger partial charge in [-0.1, -0.05) is 41.4 Å². The summed E-state index contributed by atoms with van der Waals surface area (Å²) in [7, 11) is 1.60. The zero-order valence-electron chi connectivity index (χ0n) is 19.1. The first-order valence-electron chi connectivity index (χ1n) is 10.3. The molecule has 0 saturated heterocycles. The zero-order chi connectivity index (χ0) is 23.9. The van der Waals surface area contributed by atoms with Crippen molar-refractivity contribution in [1.29, 1.82) is 0 Å². The molecule has 2 aromatic rings. The Morgan fingerprint density at radius 1 is 1.09 bits per heavy atom. The van der Waals surface area contributed by atoms with E-state index in [1.54, 1.807) is 37.1 Å². The van der Waals surface area contributed by atoms with Gasteiger partial charge in [-0.2, -0.15) is 0 Å². The minimum atomic E-state index is -0.631. The van der Waals surface area contributed by atoms with Crippen molar-refractivity contribution in [3.8, 4) is 5.75 Å². The second-order valence-corrected chi connectivity index (χ2v) is 10.3. The highest BCUT2D eigenvalue weighted by Crippen LogP contribution is 2.28. The number of carbonyl (C=O) groups is 2. The summed E-state index contributed by atoms with van der Waals surface area (Å²) in [5.74, 6) is 1.11. The highest BCUT2D eigenvalue weighted by molar-refractivity contribution is 7.99. The molecule has 0 unspecified atom stereocenters. The van der Waals surface area contributed by atoms with E-state index in [4.69, 9.17) is 27.9 Å². The van der Waals surface area contributed by atoms with Gasteiger partial charge in [-0.05, 0) is 63.1 Å². The van der Waals surface area contributed by atoms with Crippen LogP contribution in [-0.4, -0.2) is 41.2 Å². The van der Waals surface area contributed by atoms with Crippen LogP contribution in [0.5, 0.6) is 5.75 Å². The topological polar surface area (TPSA) is 58.6 Å². The SMILES string of the molecule is COc1ccc(CN(C(=O)CSCc2c(Cl)cccc2Cl)[C@@H](C)C(=O)NC(C)(C)C)cc1. The van der Waals surface area contributed by atoms with Crippen LogP contribution < -0.4 is 10.1 Å². The summed E-state index contributed by atoms with van der Waals surface area (Å²) in [4.78, 5) is 27.6. The molecule has 0 radical (unpaired) electrons. The quantitative estimate of drug-likeness (QED) is 0.492. The van der Waals surface area contributed by atoms with Crippen molar-refractivity contribution in [3.05, 3.63) is 63.6 Å². The summed E-state index contributed by atoms with van der Waals surface area (Å²) in [5.41, 5.74) is 1.32. The number of benzene rings is 2. The Kier molecular flexibility index (Phi) is 9.74. The summed E-state index contributed by atoms with van der Waals surface area (Å²) < 4.78 is 5.21. The first-order valence-corrected chi connectivity index (χ1v) is 12.2. The van der Waals surface area contributed by atoms with E-state index in [9.17, 15) is 9.59 Å². The van der Waals surface area contributed by atoms with Crippen molar-refractivity contribution in [2.45, 2.75) is 51.6 Å². The fourth-order valence-corrected chi connectivity index (χ4v) is 4.63. The number of hydrogen-bond acceptors (Lipinski definition) is 4. The third-order valence-electron chi connectivity index (χ3n) is 4.71. The van der Waals surface area contributed by atoms with Gasteiger partial charge in [-0.15, -0.1) is 11.8 Å². The first-order chi connectivity index (χ1) is 15.0. The normalized spacial score (nSPS) is 12.2. The second kappa shape index (κ2) is 11.8. The zero-order valence-corrected chi connectivity index (χ0v) is 21.4. The van der Waals surface area contributed by atoms with Crippen LogP contribution in [0, 0.1) is 0 Å². The van der Waals surface area contributed by atoms with Crippen LogP contribution in [0.25, 0.3) is 0 Å². The molecule has 0 heterocycles. The van der Waals surface area contributed by atoms with E-state index in [2.05, 4.69) is 5.32 Å². The van der Waals surface area contributed by atoms with Crippen molar-refractivity contribution in [1.82, 2.24) is 10.2 Å². The predicted octanol–water partition coefficient (Wildman–Crippen LogP) is 5.57. The van der Waals surface area contributed by atoms with Crippen molar-refractivity contribution >= 4 is 46.8 Å². The molecular formula is C24H30Cl2N2O3S. The summed E-state index contributed by atoms with van der Waals surface area (Å²) in [5, 5.41) is 4.11. The Balaban J connectivity index is 2.14. The van der Waals surface area contributed by atoms with Crippen molar-refractivity contribution in [2.75, 3.05) is 12.9 Å². The molecule has 174 valence electrons. The smallest absolute Gasteiger partial charge is 0.242 e. The Labute approximate surface area is 204 Å². The molecule has 0 aliphatic heterocycles. The van der Waals surface area contributed by atoms with Gasteiger partial charge in [-0.3, -0.25) is 9.59 Å². The maximum atomic E-state index is 13.2. The lowest BCUT2D eigenvalue weighted by Gasteiger charge is -2.31. The minimum Gasteiger partial charge on any atom is -0.497 e. The van der Waals surface area contributed by atoms with Crippen molar-refractivity contribution in [2.24, 2.45) is 0 Å². The highest BCUT2D eigenvalue weighted by Gasteiger charge is 2.28. The van der Waals surface area contributed by atoms with E-state index in [0.29, 0.717) is 22.3 Å². The summed E-state index contributed by atoms with van der Waals surface area (Å²) >= 11 is 13.9. The molecule has 32 heavy (non-hydrogen) atoms. The maximum Gasteiger partial charge on any atom is 0.242 e. The van der Waals surface area contributed by atoms with Gasteiger partial charge in [-0.25, -0.2) is 0 Å². The summed E-state index contributed by atoms with van der Waals surface area (Å²) in [6.45, 7) is 7.80. The fraction of sp³-hybridized carbons (Fsp3) is 0.417. The Morgan fingerprint density at radius 2 is 1.69 bits per heavy atom. The Morgan fingerprint density at radius 3 is 2.22 bits per heavy atom. The van der Waals surface area contributed by atoms with E-state index < -0.39 is 11.6 Å². The number of methoxy groups -OCH3 is 1. The molecule has 0 aliphatic rings. The van der Waals surface area contributed by atoms with Crippen LogP contribution in [0.3, 0.4) is 0 Å². The Hall–Kier alpha value is -1.89. The van der Waals surface area contributed by atoms with Gasteiger partial charge in [0.1, 0.15) is 11.8 Å². The van der Waals surface area contributed by atoms with E-state index in [0.717, 1.165) is 16.9 Å². The predicted molar refractivity (Wildman–Crippen MR) is 134 cm³/mol. The monoisotopic (exact) mass is 496 g/mol. The number of carbonyl (C=O) groups excluding carboxylic acids is 2. The van der Waals surface area contributed by atoms with Gasteiger partial charge in [0.15, 0.2) is 0 Å². The summed E-state index contributed by atoms with van der Waals surface area (Å²) in [6.07, 6.45) is 0. The molecule has 2 amide bonds. The van der Waals surface area contributed by atoms with Gasteiger partial charge in [0.25, 0.3) is 0 Å². The molecule has 5 nitrogen and oxygen atoms in total. The largest absolute Gasteiger partial charge is 0.497 e. The lowest BCUT2D eigenvalue weighted by atomic mass is 10.1. The van der Waals surface area contributed by atoms with Gasteiger partial charge in [0.2, 0.25) is 11.8 Å². The first kappa shape index (κ1) is 26.4. The molecule has 0 aromatic heterocycles. The van der Waals surface area contributed by atoms with Crippen LogP contribution in [0.2, 0.25) is 10.0 Å². The average Bonchev–Trinajstić information content (AvgIpc) is 2.72. The van der Waals surface area contributed by atoms with Crippen LogP contribution in [0.1, 0.15) is 38.8 Å². The standard InChI is InChI=1S/C24H30Cl2N2O3S/c1-16(23(30)27-24(2,3)4)28(13-17-9-11-18(31-5)12-10-17)22(29)15-32-14-19-20(25)7-6-8-21(19)26/h6-12,16H,13-15H2,1-5H3,(H,27,30)/t16-/m0/s1. The highest BCUT2D eigenvalue weighted by atomic mass is 35.5. The lowest BCUT2D eigenvalue weighted by Crippen LogP contribution is -2.52. The fourth-order valence-electron chi connectivity index (χ4n) is 2.98. The number of hydrogen-bond donors (Lipinski definition) is 1. The number of nitrogens with one attached hydrogen (secondary N) is 1. The molecule has 2 rings (SSSR count). The molecule has 1 N–H and O–H groups in total. The van der Waals surface area contributed by atoms with Crippen molar-refractivity contribution < 1.29 is 14.3 Å². The molecule has 8 heteroatoms. The molecule has 0 aliphatic carbocycles. The van der Waals surface area contributed by atoms with Crippen LogP contribution in [0.4, 0.5) is 0 Å². The van der Waals surface area contributed by atoms with Gasteiger partial charge in [0, 0.05) is 27.9 Å². The Bertz CT molecular complexity index is 910. The van der Waals surface area contributed by atoms with E-state index in [1.807, 2.05) is 45.0 Å². The van der Waals surface area contributed by atoms with Gasteiger partial charge < -0.3 is 15.0 Å². The average molecular weight is 497 g/mol.